The van der Waals surface area contributed by atoms with Gasteiger partial charge in [-0.15, -0.1) is 0 Å². The molecule has 0 saturated heterocycles. The molecule has 0 spiro atoms. The molecule has 0 radical (unpaired) electrons. The number of hydrogen-bond acceptors (Lipinski definition) is 3. The highest BCUT2D eigenvalue weighted by Gasteiger charge is 2.10. The van der Waals surface area contributed by atoms with E-state index < -0.39 is 7.04 Å². The molecule has 0 unspecified atom stereocenters. The van der Waals surface area contributed by atoms with Gasteiger partial charge in [0.25, 0.3) is 0 Å². The molecule has 0 atom stereocenters. The van der Waals surface area contributed by atoms with Gasteiger partial charge in [0.2, 0.25) is 0 Å². The number of hydrogen-bond donors (Lipinski definition) is 1. The van der Waals surface area contributed by atoms with Gasteiger partial charge in [-0.05, 0) is 29.7 Å². The lowest BCUT2D eigenvalue weighted by atomic mass is 10.0. The summed E-state index contributed by atoms with van der Waals surface area (Å²) in [5.74, 6) is -0.183. The van der Waals surface area contributed by atoms with Crippen LogP contribution in [0.2, 0.25) is 0 Å². The number of aromatic hydroxyl groups is 1. The molecule has 1 aromatic carbocycles. The van der Waals surface area contributed by atoms with Crippen molar-refractivity contribution in [2.75, 3.05) is 13.6 Å². The first-order chi connectivity index (χ1) is 7.46. The molecule has 1 aliphatic heterocycles. The van der Waals surface area contributed by atoms with E-state index in [9.17, 15) is 5.11 Å². The summed E-state index contributed by atoms with van der Waals surface area (Å²) in [5, 5.41) is 9.61. The molecule has 3 heteroatoms. The minimum Gasteiger partial charge on any atom is -0.504 e. The molecule has 2 rings (SSSR count). The Morgan fingerprint density at radius 1 is 1.62 bits per heavy atom. The number of fused-ring (bicyclic) bond motifs is 1. The van der Waals surface area contributed by atoms with Gasteiger partial charge in [0, 0.05) is 12.8 Å². The van der Waals surface area contributed by atoms with Crippen LogP contribution in [0, 0.1) is 0 Å². The number of aliphatic imine (C=N–C) groups is 1. The van der Waals surface area contributed by atoms with Crippen molar-refractivity contribution in [2.24, 2.45) is 4.99 Å². The van der Waals surface area contributed by atoms with Crippen LogP contribution in [0.25, 0.3) is 0 Å². The summed E-state index contributed by atoms with van der Waals surface area (Å²) in [6, 6.07) is 3.03. The molecular formula is C10H11NO2. The maximum absolute atomic E-state index is 9.61. The molecule has 1 aliphatic rings. The second-order valence-corrected chi connectivity index (χ2v) is 2.91. The van der Waals surface area contributed by atoms with Gasteiger partial charge in [0.15, 0.2) is 11.5 Å². The number of ether oxygens (including phenoxy) is 1. The first kappa shape index (κ1) is 5.27. The monoisotopic (exact) mass is 180 g/mol. The Labute approximate surface area is 80.9 Å². The second kappa shape index (κ2) is 3.09. The van der Waals surface area contributed by atoms with Gasteiger partial charge in [0.1, 0.15) is 0 Å². The standard InChI is InChI=1S/C10H11NO2/c1-13-10-5-8-6-11-3-2-7(8)4-9(10)12/h4-6,12H,2-3H2,1H3/i1D3. The fourth-order valence-electron chi connectivity index (χ4n) is 1.39. The van der Waals surface area contributed by atoms with Gasteiger partial charge in [-0.2, -0.15) is 0 Å². The zero-order valence-electron chi connectivity index (χ0n) is 9.95. The summed E-state index contributed by atoms with van der Waals surface area (Å²) in [4.78, 5) is 4.08. The average molecular weight is 180 g/mol. The van der Waals surface area contributed by atoms with Crippen molar-refractivity contribution in [1.29, 1.82) is 0 Å². The Morgan fingerprint density at radius 3 is 3.38 bits per heavy atom. The molecule has 1 aromatic rings. The minimum absolute atomic E-state index is 0.0351. The topological polar surface area (TPSA) is 41.8 Å². The molecule has 0 aromatic heterocycles. The zero-order chi connectivity index (χ0) is 11.8. The number of rotatable bonds is 1. The summed E-state index contributed by atoms with van der Waals surface area (Å²) >= 11 is 0. The van der Waals surface area contributed by atoms with Gasteiger partial charge in [-0.1, -0.05) is 0 Å². The van der Waals surface area contributed by atoms with E-state index >= 15 is 0 Å². The summed E-state index contributed by atoms with van der Waals surface area (Å²) in [7, 11) is -2.56. The third-order valence-corrected chi connectivity index (χ3v) is 2.07. The van der Waals surface area contributed by atoms with Gasteiger partial charge >= 0.3 is 0 Å². The van der Waals surface area contributed by atoms with E-state index in [2.05, 4.69) is 9.73 Å². The number of nitrogens with zero attached hydrogens (tertiary/aromatic N) is 1. The van der Waals surface area contributed by atoms with Crippen LogP contribution in [0.3, 0.4) is 0 Å². The molecule has 0 fully saturated rings. The van der Waals surface area contributed by atoms with Crippen LogP contribution in [0.4, 0.5) is 0 Å². The van der Waals surface area contributed by atoms with E-state index in [-0.39, 0.29) is 11.5 Å². The highest BCUT2D eigenvalue weighted by Crippen LogP contribution is 2.29. The lowest BCUT2D eigenvalue weighted by Crippen LogP contribution is -2.03. The highest BCUT2D eigenvalue weighted by molar-refractivity contribution is 5.84. The molecule has 1 heterocycles. The Hall–Kier alpha value is -1.51. The van der Waals surface area contributed by atoms with Crippen LogP contribution < -0.4 is 4.74 Å². The molecular weight excluding hydrogens is 166 g/mol. The molecule has 68 valence electrons. The lowest BCUT2D eigenvalue weighted by molar-refractivity contribution is 0.373. The number of methoxy groups -OCH3 is 1. The van der Waals surface area contributed by atoms with Gasteiger partial charge in [0.05, 0.1) is 11.2 Å². The van der Waals surface area contributed by atoms with Gasteiger partial charge < -0.3 is 9.84 Å². The zero-order valence-corrected chi connectivity index (χ0v) is 6.95. The Bertz CT molecular complexity index is 440. The Balaban J connectivity index is 2.37. The van der Waals surface area contributed by atoms with Crippen molar-refractivity contribution in [2.45, 2.75) is 6.42 Å². The van der Waals surface area contributed by atoms with Crippen LogP contribution in [-0.4, -0.2) is 24.9 Å². The fourth-order valence-corrected chi connectivity index (χ4v) is 1.39. The maximum Gasteiger partial charge on any atom is 0.161 e. The third-order valence-electron chi connectivity index (χ3n) is 2.07. The molecule has 0 saturated carbocycles. The minimum atomic E-state index is -2.56. The van der Waals surface area contributed by atoms with Crippen molar-refractivity contribution in [3.8, 4) is 11.5 Å². The maximum atomic E-state index is 9.61. The van der Waals surface area contributed by atoms with Crippen LogP contribution >= 0.6 is 0 Å². The Kier molecular flexibility index (Phi) is 1.25. The fraction of sp³-hybridized carbons (Fsp3) is 0.300. The lowest BCUT2D eigenvalue weighted by Gasteiger charge is -2.12. The van der Waals surface area contributed by atoms with E-state index in [1.807, 2.05) is 0 Å². The quantitative estimate of drug-likeness (QED) is 0.709. The second-order valence-electron chi connectivity index (χ2n) is 2.91. The van der Waals surface area contributed by atoms with Gasteiger partial charge in [-0.25, -0.2) is 0 Å². The SMILES string of the molecule is [2H]C([2H])([2H])Oc1cc2c(cc1O)CCN=C2. The van der Waals surface area contributed by atoms with Crippen molar-refractivity contribution in [1.82, 2.24) is 0 Å². The number of phenols is 1. The molecule has 1 N–H and O–H groups in total. The molecule has 0 bridgehead atoms. The number of phenolic OH excluding ortho intramolecular Hbond substituents is 1. The normalized spacial score (nSPS) is 18.3. The number of benzene rings is 1. The average Bonchev–Trinajstić information content (AvgIpc) is 2.17. The van der Waals surface area contributed by atoms with E-state index in [4.69, 9.17) is 4.11 Å². The molecule has 13 heavy (non-hydrogen) atoms. The van der Waals surface area contributed by atoms with Crippen LogP contribution in [0.15, 0.2) is 17.1 Å². The van der Waals surface area contributed by atoms with Crippen molar-refractivity contribution in [3.63, 3.8) is 0 Å². The summed E-state index contributed by atoms with van der Waals surface area (Å²) in [5.41, 5.74) is 1.74. The van der Waals surface area contributed by atoms with E-state index in [1.165, 1.54) is 12.1 Å². The first-order valence-corrected chi connectivity index (χ1v) is 4.00. The first-order valence-electron chi connectivity index (χ1n) is 5.50. The summed E-state index contributed by atoms with van der Waals surface area (Å²) in [6.45, 7) is 0.686. The molecule has 3 nitrogen and oxygen atoms in total. The third kappa shape index (κ3) is 1.37. The van der Waals surface area contributed by atoms with Crippen molar-refractivity contribution < 1.29 is 14.0 Å². The van der Waals surface area contributed by atoms with Crippen LogP contribution in [-0.2, 0) is 6.42 Å². The highest BCUT2D eigenvalue weighted by atomic mass is 16.5. The van der Waals surface area contributed by atoms with Crippen molar-refractivity contribution >= 4 is 6.21 Å². The predicted octanol–water partition coefficient (Wildman–Crippen LogP) is 1.38. The molecule has 0 amide bonds. The van der Waals surface area contributed by atoms with Crippen LogP contribution in [0.5, 0.6) is 11.5 Å². The van der Waals surface area contributed by atoms with E-state index in [0.29, 0.717) is 6.54 Å². The predicted molar refractivity (Wildman–Crippen MR) is 50.8 cm³/mol. The molecule has 0 aliphatic carbocycles. The van der Waals surface area contributed by atoms with Crippen molar-refractivity contribution in [3.05, 3.63) is 23.3 Å². The summed E-state index contributed by atoms with van der Waals surface area (Å²) < 4.78 is 25.6. The van der Waals surface area contributed by atoms with Crippen LogP contribution in [0.1, 0.15) is 15.2 Å². The summed E-state index contributed by atoms with van der Waals surface area (Å²) in [6.07, 6.45) is 2.40. The Morgan fingerprint density at radius 2 is 2.54 bits per heavy atom. The largest absolute Gasteiger partial charge is 0.504 e. The van der Waals surface area contributed by atoms with E-state index in [1.54, 1.807) is 6.21 Å². The smallest absolute Gasteiger partial charge is 0.161 e. The van der Waals surface area contributed by atoms with Gasteiger partial charge in [-0.3, -0.25) is 4.99 Å². The van der Waals surface area contributed by atoms with E-state index in [0.717, 1.165) is 17.5 Å².